The Morgan fingerprint density at radius 2 is 2.12 bits per heavy atom. The fourth-order valence-electron chi connectivity index (χ4n) is 3.73. The van der Waals surface area contributed by atoms with E-state index in [0.717, 1.165) is 5.56 Å². The second kappa shape index (κ2) is 10.1. The first kappa shape index (κ1) is 24.2. The first-order valence-corrected chi connectivity index (χ1v) is 10.5. The molecule has 1 aromatic heterocycles. The predicted molar refractivity (Wildman–Crippen MR) is 106 cm³/mol. The minimum atomic E-state index is -4.40. The van der Waals surface area contributed by atoms with E-state index in [0.29, 0.717) is 30.7 Å². The van der Waals surface area contributed by atoms with E-state index in [2.05, 4.69) is 15.2 Å². The molecule has 8 nitrogen and oxygen atoms in total. The number of alkyl halides is 5. The number of hydrogen-bond acceptors (Lipinski definition) is 6. The Balaban J connectivity index is 1.32. The van der Waals surface area contributed by atoms with Crippen molar-refractivity contribution in [3.63, 3.8) is 0 Å². The third-order valence-corrected chi connectivity index (χ3v) is 5.23. The molecule has 1 unspecified atom stereocenters. The van der Waals surface area contributed by atoms with E-state index in [1.54, 1.807) is 18.2 Å². The van der Waals surface area contributed by atoms with E-state index in [-0.39, 0.29) is 31.4 Å². The number of carbonyl (C=O) groups excluding carboxylic acids is 1. The second-order valence-electron chi connectivity index (χ2n) is 7.95. The van der Waals surface area contributed by atoms with E-state index >= 15 is 0 Å². The number of aromatic nitrogens is 2. The van der Waals surface area contributed by atoms with Crippen LogP contribution in [0.25, 0.3) is 0 Å². The molecular weight excluding hydrogens is 469 g/mol. The van der Waals surface area contributed by atoms with Crippen molar-refractivity contribution in [2.45, 2.75) is 50.9 Å². The molecular formula is C21H22F5N3O5. The van der Waals surface area contributed by atoms with Gasteiger partial charge in [-0.3, -0.25) is 4.79 Å². The molecule has 0 spiro atoms. The highest BCUT2D eigenvalue weighted by molar-refractivity contribution is 5.92. The smallest absolute Gasteiger partial charge is 0.411 e. The van der Waals surface area contributed by atoms with Crippen molar-refractivity contribution in [2.24, 2.45) is 0 Å². The lowest BCUT2D eigenvalue weighted by molar-refractivity contribution is -0.176. The lowest BCUT2D eigenvalue weighted by atomic mass is 10.0. The molecule has 2 aliphatic heterocycles. The molecule has 186 valence electrons. The lowest BCUT2D eigenvalue weighted by Crippen LogP contribution is -2.43. The van der Waals surface area contributed by atoms with Gasteiger partial charge in [0.2, 0.25) is 5.88 Å². The molecule has 0 fully saturated rings. The van der Waals surface area contributed by atoms with Gasteiger partial charge in [-0.05, 0) is 29.7 Å². The van der Waals surface area contributed by atoms with Gasteiger partial charge in [0, 0.05) is 19.0 Å². The molecule has 0 bridgehead atoms. The summed E-state index contributed by atoms with van der Waals surface area (Å²) in [6.45, 7) is -4.10. The van der Waals surface area contributed by atoms with Crippen LogP contribution in [0.1, 0.15) is 28.0 Å². The molecule has 13 heteroatoms. The molecule has 4 rings (SSSR count). The number of nitrogens with one attached hydrogen (secondary N) is 1. The van der Waals surface area contributed by atoms with Crippen molar-refractivity contribution in [2.75, 3.05) is 19.8 Å². The van der Waals surface area contributed by atoms with Crippen LogP contribution in [-0.2, 0) is 29.0 Å². The van der Waals surface area contributed by atoms with Gasteiger partial charge in [-0.15, -0.1) is 0 Å². The largest absolute Gasteiger partial charge is 0.491 e. The third kappa shape index (κ3) is 6.35. The van der Waals surface area contributed by atoms with Crippen molar-refractivity contribution >= 4 is 5.91 Å². The number of hydrogen-bond donors (Lipinski definition) is 1. The number of nitrogens with zero attached hydrogens (tertiary/aromatic N) is 2. The van der Waals surface area contributed by atoms with Crippen LogP contribution in [0, 0.1) is 0 Å². The summed E-state index contributed by atoms with van der Waals surface area (Å²) in [6.07, 6.45) is -4.15. The lowest BCUT2D eigenvalue weighted by Gasteiger charge is -2.26. The third-order valence-electron chi connectivity index (χ3n) is 5.23. The summed E-state index contributed by atoms with van der Waals surface area (Å²) in [5, 5.41) is 7.02. The highest BCUT2D eigenvalue weighted by Crippen LogP contribution is 2.27. The summed E-state index contributed by atoms with van der Waals surface area (Å²) in [7, 11) is 0. The molecule has 3 heterocycles. The van der Waals surface area contributed by atoms with Crippen molar-refractivity contribution in [3.8, 4) is 11.6 Å². The Kier molecular flexibility index (Phi) is 7.22. The first-order valence-electron chi connectivity index (χ1n) is 10.5. The Hall–Kier alpha value is -2.93. The molecule has 2 atom stereocenters. The van der Waals surface area contributed by atoms with E-state index in [1.165, 1.54) is 10.7 Å². The number of halogens is 5. The molecule has 0 saturated heterocycles. The van der Waals surface area contributed by atoms with Crippen LogP contribution in [0.2, 0.25) is 0 Å². The molecule has 2 aliphatic rings. The predicted octanol–water partition coefficient (Wildman–Crippen LogP) is 3.09. The number of benzene rings is 1. The van der Waals surface area contributed by atoms with Crippen LogP contribution in [0.4, 0.5) is 22.0 Å². The summed E-state index contributed by atoms with van der Waals surface area (Å²) in [5.74, 6) is 0.411. The number of carbonyl (C=O) groups is 1. The van der Waals surface area contributed by atoms with Crippen LogP contribution in [0.15, 0.2) is 24.3 Å². The molecule has 1 aromatic carbocycles. The Bertz CT molecular complexity index is 1010. The summed E-state index contributed by atoms with van der Waals surface area (Å²) >= 11 is 0. The summed E-state index contributed by atoms with van der Waals surface area (Å²) in [4.78, 5) is 12.7. The molecule has 0 radical (unpaired) electrons. The maximum atomic E-state index is 12.7. The van der Waals surface area contributed by atoms with E-state index < -0.39 is 37.4 Å². The van der Waals surface area contributed by atoms with Gasteiger partial charge >= 0.3 is 12.8 Å². The fourth-order valence-corrected chi connectivity index (χ4v) is 3.73. The second-order valence-corrected chi connectivity index (χ2v) is 7.95. The standard InChI is InChI=1S/C21H22F5N3O5/c22-20(23)33-10-15-3-4-29-18(34-15)7-16(28-29)19(30)27-14-6-13-5-12(1-2-17(13)32-9-14)8-31-11-21(24,25)26/h1-2,5,7,14-15,20H,3-4,6,8-11H2,(H,27,30)/t14-,15?/m1/s1. The van der Waals surface area contributed by atoms with Crippen LogP contribution in [-0.4, -0.2) is 60.4 Å². The zero-order valence-electron chi connectivity index (χ0n) is 17.8. The molecule has 0 saturated carbocycles. The van der Waals surface area contributed by atoms with E-state index in [4.69, 9.17) is 14.2 Å². The normalized spacial score (nSPS) is 19.7. The van der Waals surface area contributed by atoms with Crippen LogP contribution in [0.5, 0.6) is 11.6 Å². The van der Waals surface area contributed by atoms with Crippen molar-refractivity contribution in [1.82, 2.24) is 15.1 Å². The topological polar surface area (TPSA) is 83.8 Å². The number of amides is 1. The van der Waals surface area contributed by atoms with Gasteiger partial charge in [-0.25, -0.2) is 4.68 Å². The van der Waals surface area contributed by atoms with Gasteiger partial charge in [0.25, 0.3) is 5.91 Å². The Morgan fingerprint density at radius 3 is 2.88 bits per heavy atom. The van der Waals surface area contributed by atoms with Gasteiger partial charge < -0.3 is 24.3 Å². The average Bonchev–Trinajstić information content (AvgIpc) is 3.20. The maximum absolute atomic E-state index is 12.7. The number of aryl methyl sites for hydroxylation is 1. The molecule has 34 heavy (non-hydrogen) atoms. The monoisotopic (exact) mass is 491 g/mol. The first-order chi connectivity index (χ1) is 16.2. The molecule has 1 N–H and O–H groups in total. The summed E-state index contributed by atoms with van der Waals surface area (Å²) in [5.41, 5.74) is 1.40. The van der Waals surface area contributed by atoms with Gasteiger partial charge in [0.1, 0.15) is 25.1 Å². The highest BCUT2D eigenvalue weighted by Gasteiger charge is 2.29. The van der Waals surface area contributed by atoms with Gasteiger partial charge in [-0.2, -0.15) is 27.1 Å². The molecule has 1 amide bonds. The van der Waals surface area contributed by atoms with Crippen molar-refractivity contribution < 1.29 is 45.7 Å². The van der Waals surface area contributed by atoms with E-state index in [9.17, 15) is 26.7 Å². The summed E-state index contributed by atoms with van der Waals surface area (Å²) in [6, 6.07) is 6.02. The maximum Gasteiger partial charge on any atom is 0.411 e. The van der Waals surface area contributed by atoms with Gasteiger partial charge in [0.05, 0.1) is 19.3 Å². The zero-order chi connectivity index (χ0) is 24.3. The molecule has 0 aliphatic carbocycles. The quantitative estimate of drug-likeness (QED) is 0.572. The van der Waals surface area contributed by atoms with Gasteiger partial charge in [0.15, 0.2) is 5.69 Å². The van der Waals surface area contributed by atoms with Crippen LogP contribution >= 0.6 is 0 Å². The van der Waals surface area contributed by atoms with Crippen molar-refractivity contribution in [1.29, 1.82) is 0 Å². The van der Waals surface area contributed by atoms with Gasteiger partial charge in [-0.1, -0.05) is 6.07 Å². The summed E-state index contributed by atoms with van der Waals surface area (Å²) < 4.78 is 83.0. The minimum Gasteiger partial charge on any atom is -0.491 e. The minimum absolute atomic E-state index is 0.102. The fraction of sp³-hybridized carbons (Fsp3) is 0.524. The average molecular weight is 491 g/mol. The van der Waals surface area contributed by atoms with E-state index in [1.807, 2.05) is 0 Å². The Labute approximate surface area is 190 Å². The molecule has 2 aromatic rings. The van der Waals surface area contributed by atoms with Crippen molar-refractivity contribution in [3.05, 3.63) is 41.1 Å². The highest BCUT2D eigenvalue weighted by atomic mass is 19.4. The zero-order valence-corrected chi connectivity index (χ0v) is 17.8. The van der Waals surface area contributed by atoms with Crippen LogP contribution < -0.4 is 14.8 Å². The number of ether oxygens (including phenoxy) is 4. The SMILES string of the molecule is O=C(N[C@H]1COc2ccc(COCC(F)(F)F)cc2C1)c1cc2n(n1)CCC(COC(F)F)O2. The Morgan fingerprint density at radius 1 is 1.29 bits per heavy atom. The van der Waals surface area contributed by atoms with Crippen LogP contribution in [0.3, 0.4) is 0 Å². The number of rotatable bonds is 8. The number of fused-ring (bicyclic) bond motifs is 2.